The summed E-state index contributed by atoms with van der Waals surface area (Å²) in [6.45, 7) is 2.14. The number of hydrogen-bond donors (Lipinski definition) is 2. The summed E-state index contributed by atoms with van der Waals surface area (Å²) in [4.78, 5) is 35.5. The van der Waals surface area contributed by atoms with Crippen LogP contribution in [0.25, 0.3) is 0 Å². The lowest BCUT2D eigenvalue weighted by Crippen LogP contribution is -2.15. The molecule has 0 aliphatic heterocycles. The van der Waals surface area contributed by atoms with Crippen molar-refractivity contribution >= 4 is 34.2 Å². The molecule has 0 saturated carbocycles. The molecule has 0 saturated heterocycles. The van der Waals surface area contributed by atoms with Gasteiger partial charge in [-0.3, -0.25) is 4.79 Å². The van der Waals surface area contributed by atoms with Gasteiger partial charge >= 0.3 is 11.9 Å². The summed E-state index contributed by atoms with van der Waals surface area (Å²) in [5.41, 5.74) is 1.35. The number of carbonyl (C=O) groups is 3. The summed E-state index contributed by atoms with van der Waals surface area (Å²) < 4.78 is 4.84. The van der Waals surface area contributed by atoms with Gasteiger partial charge in [-0.2, -0.15) is 0 Å². The number of fused-ring (bicyclic) bond motifs is 1. The van der Waals surface area contributed by atoms with Crippen molar-refractivity contribution in [2.24, 2.45) is 5.92 Å². The van der Waals surface area contributed by atoms with Crippen LogP contribution in [-0.4, -0.2) is 30.1 Å². The maximum Gasteiger partial charge on any atom is 0.341 e. The number of anilines is 1. The van der Waals surface area contributed by atoms with Crippen LogP contribution in [-0.2, 0) is 27.2 Å². The molecule has 124 valence electrons. The summed E-state index contributed by atoms with van der Waals surface area (Å²) in [7, 11) is 1.31. The van der Waals surface area contributed by atoms with Crippen molar-refractivity contribution in [1.82, 2.24) is 0 Å². The first-order valence-corrected chi connectivity index (χ1v) is 8.22. The molecule has 2 N–H and O–H groups in total. The Hall–Kier alpha value is -2.15. The van der Waals surface area contributed by atoms with Gasteiger partial charge in [0.1, 0.15) is 5.00 Å². The van der Waals surface area contributed by atoms with E-state index in [9.17, 15) is 14.4 Å². The largest absolute Gasteiger partial charge is 0.478 e. The van der Waals surface area contributed by atoms with E-state index in [0.29, 0.717) is 16.5 Å². The van der Waals surface area contributed by atoms with Gasteiger partial charge in [-0.15, -0.1) is 11.3 Å². The van der Waals surface area contributed by atoms with E-state index in [-0.39, 0.29) is 0 Å². The van der Waals surface area contributed by atoms with Crippen molar-refractivity contribution in [3.05, 3.63) is 28.2 Å². The van der Waals surface area contributed by atoms with Gasteiger partial charge in [0.15, 0.2) is 0 Å². The van der Waals surface area contributed by atoms with E-state index in [1.54, 1.807) is 0 Å². The zero-order valence-electron chi connectivity index (χ0n) is 13.0. The third-order valence-electron chi connectivity index (χ3n) is 3.95. The molecule has 2 rings (SSSR count). The maximum atomic E-state index is 12.1. The average molecular weight is 337 g/mol. The molecule has 23 heavy (non-hydrogen) atoms. The lowest BCUT2D eigenvalue weighted by Gasteiger charge is -2.20. The highest BCUT2D eigenvalue weighted by Crippen LogP contribution is 2.40. The summed E-state index contributed by atoms with van der Waals surface area (Å²) in [5.74, 6) is -1.68. The van der Waals surface area contributed by atoms with Crippen molar-refractivity contribution in [1.29, 1.82) is 0 Å². The van der Waals surface area contributed by atoms with Crippen LogP contribution in [0.4, 0.5) is 5.00 Å². The summed E-state index contributed by atoms with van der Waals surface area (Å²) in [5, 5.41) is 11.6. The predicted molar refractivity (Wildman–Crippen MR) is 86.9 cm³/mol. The van der Waals surface area contributed by atoms with E-state index in [2.05, 4.69) is 12.2 Å². The van der Waals surface area contributed by atoms with Gasteiger partial charge in [0.05, 0.1) is 12.7 Å². The molecular formula is C16H19NO5S. The lowest BCUT2D eigenvalue weighted by molar-refractivity contribution is -0.131. The molecule has 1 aromatic rings. The number of ether oxygens (including phenoxy) is 1. The number of rotatable bonds is 5. The Balaban J connectivity index is 2.31. The second kappa shape index (κ2) is 7.41. The minimum absolute atomic E-state index is 0.402. The average Bonchev–Trinajstić information content (AvgIpc) is 2.88. The first-order chi connectivity index (χ1) is 11.0. The number of amides is 1. The fraction of sp³-hybridized carbons (Fsp3) is 0.438. The topological polar surface area (TPSA) is 92.7 Å². The third-order valence-corrected chi connectivity index (χ3v) is 5.12. The van der Waals surface area contributed by atoms with Crippen molar-refractivity contribution < 1.29 is 24.2 Å². The fourth-order valence-corrected chi connectivity index (χ4v) is 4.06. The second-order valence-electron chi connectivity index (χ2n) is 5.38. The SMILES string of the molecule is CCC1CCc2c(sc(NC(=O)/C=C/C(=O)O)c2C(=O)OC)C1. The smallest absolute Gasteiger partial charge is 0.341 e. The maximum absolute atomic E-state index is 12.1. The second-order valence-corrected chi connectivity index (χ2v) is 6.48. The van der Waals surface area contributed by atoms with Crippen molar-refractivity contribution in [2.45, 2.75) is 32.6 Å². The molecule has 0 bridgehead atoms. The minimum atomic E-state index is -1.20. The molecular weight excluding hydrogens is 318 g/mol. The van der Waals surface area contributed by atoms with Crippen LogP contribution in [0, 0.1) is 5.92 Å². The number of esters is 1. The Labute approximate surface area is 138 Å². The zero-order valence-corrected chi connectivity index (χ0v) is 13.9. The highest BCUT2D eigenvalue weighted by Gasteiger charge is 2.29. The number of carboxylic acid groups (broad SMARTS) is 1. The first-order valence-electron chi connectivity index (χ1n) is 7.41. The number of hydrogen-bond acceptors (Lipinski definition) is 5. The van der Waals surface area contributed by atoms with E-state index >= 15 is 0 Å². The molecule has 0 fully saturated rings. The molecule has 1 aliphatic rings. The standard InChI is InChI=1S/C16H19NO5S/c1-3-9-4-5-10-11(8-9)23-15(14(10)16(21)22-2)17-12(18)6-7-13(19)20/h6-7,9H,3-5,8H2,1-2H3,(H,17,18)(H,19,20)/b7-6+. The first kappa shape index (κ1) is 17.2. The van der Waals surface area contributed by atoms with Crippen LogP contribution in [0.1, 0.15) is 40.6 Å². The van der Waals surface area contributed by atoms with Crippen molar-refractivity contribution in [3.8, 4) is 0 Å². The van der Waals surface area contributed by atoms with Crippen LogP contribution < -0.4 is 5.32 Å². The molecule has 1 heterocycles. The summed E-state index contributed by atoms with van der Waals surface area (Å²) >= 11 is 1.37. The number of thiophene rings is 1. The molecule has 7 heteroatoms. The highest BCUT2D eigenvalue weighted by atomic mass is 32.1. The molecule has 0 radical (unpaired) electrons. The van der Waals surface area contributed by atoms with Crippen LogP contribution >= 0.6 is 11.3 Å². The fourth-order valence-electron chi connectivity index (χ4n) is 2.71. The Kier molecular flexibility index (Phi) is 5.54. The van der Waals surface area contributed by atoms with E-state index < -0.39 is 17.8 Å². The van der Waals surface area contributed by atoms with Crippen LogP contribution in [0.5, 0.6) is 0 Å². The van der Waals surface area contributed by atoms with Gasteiger partial charge in [0.25, 0.3) is 0 Å². The Morgan fingerprint density at radius 2 is 2.13 bits per heavy atom. The van der Waals surface area contributed by atoms with Crippen molar-refractivity contribution in [2.75, 3.05) is 12.4 Å². The Morgan fingerprint density at radius 3 is 2.74 bits per heavy atom. The molecule has 1 amide bonds. The number of carboxylic acids is 1. The van der Waals surface area contributed by atoms with Gasteiger partial charge in [-0.25, -0.2) is 9.59 Å². The number of methoxy groups -OCH3 is 1. The molecule has 0 spiro atoms. The predicted octanol–water partition coefficient (Wildman–Crippen LogP) is 2.63. The molecule has 1 aromatic heterocycles. The third kappa shape index (κ3) is 3.98. The summed E-state index contributed by atoms with van der Waals surface area (Å²) in [6, 6.07) is 0. The summed E-state index contributed by atoms with van der Waals surface area (Å²) in [6.07, 6.45) is 5.45. The number of aliphatic carboxylic acids is 1. The number of nitrogens with one attached hydrogen (secondary N) is 1. The normalized spacial score (nSPS) is 16.9. The van der Waals surface area contributed by atoms with Gasteiger partial charge in [0, 0.05) is 17.0 Å². The van der Waals surface area contributed by atoms with Gasteiger partial charge in [-0.1, -0.05) is 13.3 Å². The molecule has 0 aromatic carbocycles. The van der Waals surface area contributed by atoms with Crippen LogP contribution in [0.15, 0.2) is 12.2 Å². The highest BCUT2D eigenvalue weighted by molar-refractivity contribution is 7.17. The molecule has 6 nitrogen and oxygen atoms in total. The quantitative estimate of drug-likeness (QED) is 0.636. The minimum Gasteiger partial charge on any atom is -0.478 e. The Bertz CT molecular complexity index is 662. The zero-order chi connectivity index (χ0) is 17.0. The van der Waals surface area contributed by atoms with Gasteiger partial charge in [0.2, 0.25) is 5.91 Å². The molecule has 1 unspecified atom stereocenters. The van der Waals surface area contributed by atoms with E-state index in [1.165, 1.54) is 18.4 Å². The Morgan fingerprint density at radius 1 is 1.39 bits per heavy atom. The van der Waals surface area contributed by atoms with Crippen LogP contribution in [0.2, 0.25) is 0 Å². The van der Waals surface area contributed by atoms with Gasteiger partial charge in [-0.05, 0) is 30.7 Å². The van der Waals surface area contributed by atoms with E-state index in [1.807, 2.05) is 0 Å². The lowest BCUT2D eigenvalue weighted by atomic mass is 9.86. The van der Waals surface area contributed by atoms with E-state index in [0.717, 1.165) is 48.3 Å². The molecule has 1 aliphatic carbocycles. The molecule has 1 atom stereocenters. The van der Waals surface area contributed by atoms with Gasteiger partial charge < -0.3 is 15.2 Å². The monoisotopic (exact) mass is 337 g/mol. The van der Waals surface area contributed by atoms with E-state index in [4.69, 9.17) is 9.84 Å². The van der Waals surface area contributed by atoms with Crippen LogP contribution in [0.3, 0.4) is 0 Å². The number of carbonyl (C=O) groups excluding carboxylic acids is 2. The van der Waals surface area contributed by atoms with Crippen molar-refractivity contribution in [3.63, 3.8) is 0 Å².